The minimum atomic E-state index is -4.55. The second kappa shape index (κ2) is 8.27. The normalized spacial score (nSPS) is 28.1. The summed E-state index contributed by atoms with van der Waals surface area (Å²) in [4.78, 5) is 6.29. The van der Waals surface area contributed by atoms with Crippen molar-refractivity contribution in [1.82, 2.24) is 19.7 Å². The van der Waals surface area contributed by atoms with Gasteiger partial charge in [0.15, 0.2) is 0 Å². The largest absolute Gasteiger partial charge is 0.419 e. The van der Waals surface area contributed by atoms with Gasteiger partial charge in [-0.25, -0.2) is 4.98 Å². The van der Waals surface area contributed by atoms with E-state index in [0.717, 1.165) is 37.9 Å². The van der Waals surface area contributed by atoms with Crippen LogP contribution in [0.1, 0.15) is 56.3 Å². The predicted molar refractivity (Wildman–Crippen MR) is 120 cm³/mol. The number of alkyl halides is 3. The fourth-order valence-corrected chi connectivity index (χ4v) is 5.72. The van der Waals surface area contributed by atoms with Gasteiger partial charge in [0.2, 0.25) is 0 Å². The predicted octanol–water partition coefficient (Wildman–Crippen LogP) is 4.59. The monoisotopic (exact) mass is 463 g/mol. The van der Waals surface area contributed by atoms with Crippen molar-refractivity contribution < 1.29 is 17.9 Å². The number of ether oxygens (including phenoxy) is 1. The van der Waals surface area contributed by atoms with Gasteiger partial charge < -0.3 is 15.4 Å². The first-order chi connectivity index (χ1) is 15.7. The molecule has 2 N–H and O–H groups in total. The van der Waals surface area contributed by atoms with Crippen molar-refractivity contribution in [3.63, 3.8) is 0 Å². The molecule has 5 rings (SSSR count). The van der Waals surface area contributed by atoms with Crippen LogP contribution in [0.15, 0.2) is 18.3 Å². The fourth-order valence-electron chi connectivity index (χ4n) is 5.72. The van der Waals surface area contributed by atoms with E-state index in [4.69, 9.17) is 15.6 Å². The molecular weight excluding hydrogens is 431 g/mol. The number of aromatic nitrogens is 3. The van der Waals surface area contributed by atoms with E-state index >= 15 is 0 Å². The quantitative estimate of drug-likeness (QED) is 0.651. The molecule has 2 saturated carbocycles. The van der Waals surface area contributed by atoms with E-state index in [1.807, 2.05) is 10.7 Å². The van der Waals surface area contributed by atoms with Crippen molar-refractivity contribution >= 4 is 5.82 Å². The molecule has 5 atom stereocenters. The summed E-state index contributed by atoms with van der Waals surface area (Å²) < 4.78 is 47.4. The van der Waals surface area contributed by atoms with Crippen LogP contribution in [0.25, 0.3) is 11.3 Å². The van der Waals surface area contributed by atoms with Crippen LogP contribution in [-0.4, -0.2) is 52.5 Å². The molecule has 9 heteroatoms. The van der Waals surface area contributed by atoms with Crippen molar-refractivity contribution in [3.8, 4) is 11.3 Å². The van der Waals surface area contributed by atoms with Crippen LogP contribution in [0.4, 0.5) is 19.0 Å². The van der Waals surface area contributed by atoms with Crippen LogP contribution in [0.2, 0.25) is 0 Å². The number of hydrogen-bond acceptors (Lipinski definition) is 5. The lowest BCUT2D eigenvalue weighted by atomic mass is 10.0. The highest BCUT2D eigenvalue weighted by molar-refractivity contribution is 5.63. The highest BCUT2D eigenvalue weighted by atomic mass is 19.4. The topological polar surface area (TPSA) is 69.2 Å². The van der Waals surface area contributed by atoms with E-state index < -0.39 is 17.6 Å². The smallest absolute Gasteiger partial charge is 0.383 e. The van der Waals surface area contributed by atoms with Crippen molar-refractivity contribution in [2.45, 2.75) is 57.3 Å². The first-order valence-corrected chi connectivity index (χ1v) is 11.9. The van der Waals surface area contributed by atoms with E-state index in [9.17, 15) is 13.2 Å². The van der Waals surface area contributed by atoms with Gasteiger partial charge in [0.25, 0.3) is 0 Å². The maximum atomic E-state index is 13.4. The number of rotatable bonds is 7. The number of nitrogen functional groups attached to an aromatic ring is 1. The van der Waals surface area contributed by atoms with Crippen molar-refractivity contribution in [2.24, 2.45) is 17.8 Å². The van der Waals surface area contributed by atoms with Gasteiger partial charge in [-0.1, -0.05) is 6.92 Å². The summed E-state index contributed by atoms with van der Waals surface area (Å²) in [5, 5.41) is 4.75. The zero-order valence-corrected chi connectivity index (χ0v) is 19.3. The Kier molecular flexibility index (Phi) is 5.68. The minimum absolute atomic E-state index is 0.177. The van der Waals surface area contributed by atoms with Gasteiger partial charge in [-0.2, -0.15) is 18.3 Å². The van der Waals surface area contributed by atoms with Crippen LogP contribution in [0, 0.1) is 17.8 Å². The average molecular weight is 464 g/mol. The SMILES string of the molecule is CCC(C)n1nc(-c2cnc(N)c(C(F)(F)F)c2)cc1C1[C@H]2CC(N(C)CC3COC3)C[C@@H]12. The molecule has 180 valence electrons. The third-order valence-electron chi connectivity index (χ3n) is 7.93. The molecule has 0 aromatic carbocycles. The van der Waals surface area contributed by atoms with Gasteiger partial charge in [0.05, 0.1) is 24.5 Å². The molecule has 6 nitrogen and oxygen atoms in total. The molecule has 1 saturated heterocycles. The maximum absolute atomic E-state index is 13.4. The molecule has 0 bridgehead atoms. The number of nitrogens with zero attached hydrogens (tertiary/aromatic N) is 4. The van der Waals surface area contributed by atoms with Gasteiger partial charge in [-0.3, -0.25) is 4.68 Å². The molecule has 33 heavy (non-hydrogen) atoms. The lowest BCUT2D eigenvalue weighted by molar-refractivity contribution is -0.137. The molecule has 3 aliphatic rings. The summed E-state index contributed by atoms with van der Waals surface area (Å²) in [5.41, 5.74) is 6.61. The number of nitrogens with two attached hydrogens (primary N) is 1. The van der Waals surface area contributed by atoms with Crippen LogP contribution >= 0.6 is 0 Å². The summed E-state index contributed by atoms with van der Waals surface area (Å²) >= 11 is 0. The maximum Gasteiger partial charge on any atom is 0.419 e. The Balaban J connectivity index is 1.37. The van der Waals surface area contributed by atoms with Gasteiger partial charge in [-0.15, -0.1) is 0 Å². The first-order valence-electron chi connectivity index (χ1n) is 11.9. The molecule has 0 spiro atoms. The standard InChI is InChI=1S/C24H32F3N5O/c1-4-13(2)32-21(8-20(30-32)15-5-19(24(25,26)27)23(28)29-9-15)22-17-6-16(7-18(17)22)31(3)10-14-11-33-12-14/h5,8-9,13-14,16-18,22H,4,6-7,10-12H2,1-3H3,(H2,28,29)/t13?,16?,17-,18+,22?. The number of pyridine rings is 1. The summed E-state index contributed by atoms with van der Waals surface area (Å²) in [6.45, 7) is 7.05. The lowest BCUT2D eigenvalue weighted by Crippen LogP contribution is -2.42. The summed E-state index contributed by atoms with van der Waals surface area (Å²) in [5.74, 6) is 1.83. The van der Waals surface area contributed by atoms with E-state index in [1.54, 1.807) is 0 Å². The van der Waals surface area contributed by atoms with Crippen LogP contribution in [0.3, 0.4) is 0 Å². The Hall–Kier alpha value is -2.13. The van der Waals surface area contributed by atoms with Crippen LogP contribution in [-0.2, 0) is 10.9 Å². The Bertz CT molecular complexity index is 1010. The zero-order valence-electron chi connectivity index (χ0n) is 19.3. The molecule has 2 aliphatic carbocycles. The second-order valence-corrected chi connectivity index (χ2v) is 10.1. The summed E-state index contributed by atoms with van der Waals surface area (Å²) in [7, 11) is 2.22. The summed E-state index contributed by atoms with van der Waals surface area (Å²) in [6, 6.07) is 3.83. The molecule has 2 aromatic heterocycles. The average Bonchev–Trinajstić information content (AvgIpc) is 3.08. The van der Waals surface area contributed by atoms with Crippen LogP contribution in [0.5, 0.6) is 0 Å². The first kappa shape index (κ1) is 22.7. The minimum Gasteiger partial charge on any atom is -0.383 e. The Morgan fingerprint density at radius 1 is 1.24 bits per heavy atom. The highest BCUT2D eigenvalue weighted by Crippen LogP contribution is 2.64. The van der Waals surface area contributed by atoms with Gasteiger partial charge >= 0.3 is 6.18 Å². The van der Waals surface area contributed by atoms with E-state index in [2.05, 4.69) is 30.8 Å². The molecule has 1 aliphatic heterocycles. The number of hydrogen-bond donors (Lipinski definition) is 1. The van der Waals surface area contributed by atoms with E-state index in [1.165, 1.54) is 19.0 Å². The third-order valence-corrected chi connectivity index (χ3v) is 7.93. The molecule has 3 unspecified atom stereocenters. The van der Waals surface area contributed by atoms with Crippen molar-refractivity contribution in [2.75, 3.05) is 32.5 Å². The van der Waals surface area contributed by atoms with E-state index in [0.29, 0.717) is 41.0 Å². The number of anilines is 1. The molecule has 3 heterocycles. The number of halogens is 3. The number of fused-ring (bicyclic) bond motifs is 1. The molecule has 2 aromatic rings. The second-order valence-electron chi connectivity index (χ2n) is 10.1. The van der Waals surface area contributed by atoms with Gasteiger partial charge in [0.1, 0.15) is 5.82 Å². The summed E-state index contributed by atoms with van der Waals surface area (Å²) in [6.07, 6.45) is 0.0822. The molecule has 3 fully saturated rings. The fraction of sp³-hybridized carbons (Fsp3) is 0.667. The zero-order chi connectivity index (χ0) is 23.5. The third kappa shape index (κ3) is 4.14. The van der Waals surface area contributed by atoms with E-state index in [-0.39, 0.29) is 6.04 Å². The Labute approximate surface area is 192 Å². The molecule has 0 amide bonds. The highest BCUT2D eigenvalue weighted by Gasteiger charge is 2.58. The van der Waals surface area contributed by atoms with Crippen molar-refractivity contribution in [3.05, 3.63) is 29.6 Å². The van der Waals surface area contributed by atoms with Crippen molar-refractivity contribution in [1.29, 1.82) is 0 Å². The van der Waals surface area contributed by atoms with Gasteiger partial charge in [0, 0.05) is 47.9 Å². The van der Waals surface area contributed by atoms with Gasteiger partial charge in [-0.05, 0) is 57.2 Å². The Morgan fingerprint density at radius 2 is 1.94 bits per heavy atom. The lowest BCUT2D eigenvalue weighted by Gasteiger charge is -2.34. The molecular formula is C24H32F3N5O. The van der Waals surface area contributed by atoms with Crippen LogP contribution < -0.4 is 5.73 Å². The molecule has 0 radical (unpaired) electrons. The Morgan fingerprint density at radius 3 is 2.52 bits per heavy atom.